The van der Waals surface area contributed by atoms with Gasteiger partial charge in [-0.3, -0.25) is 0 Å². The first-order chi connectivity index (χ1) is 8.92. The summed E-state index contributed by atoms with van der Waals surface area (Å²) >= 11 is 0. The highest BCUT2D eigenvalue weighted by atomic mass is 16.7. The SMILES string of the molecule is C1=C2[C@H](CCC1)NC[C@H]2c1ccc2c(c1)OCO2. The zero-order valence-corrected chi connectivity index (χ0v) is 10.3. The fraction of sp³-hybridized carbons (Fsp3) is 0.467. The summed E-state index contributed by atoms with van der Waals surface area (Å²) < 4.78 is 10.8. The summed E-state index contributed by atoms with van der Waals surface area (Å²) in [6.07, 6.45) is 6.26. The molecular weight excluding hydrogens is 226 g/mol. The topological polar surface area (TPSA) is 30.5 Å². The van der Waals surface area contributed by atoms with Gasteiger partial charge in [-0.15, -0.1) is 0 Å². The minimum Gasteiger partial charge on any atom is -0.454 e. The molecule has 0 aromatic heterocycles. The molecule has 0 amide bonds. The molecule has 3 aliphatic rings. The monoisotopic (exact) mass is 243 g/mol. The van der Waals surface area contributed by atoms with Crippen LogP contribution in [0.5, 0.6) is 11.5 Å². The van der Waals surface area contributed by atoms with Gasteiger partial charge in [-0.25, -0.2) is 0 Å². The Bertz CT molecular complexity index is 509. The van der Waals surface area contributed by atoms with Crippen molar-refractivity contribution in [3.05, 3.63) is 35.4 Å². The smallest absolute Gasteiger partial charge is 0.231 e. The Morgan fingerprint density at radius 1 is 1.17 bits per heavy atom. The Morgan fingerprint density at radius 3 is 3.11 bits per heavy atom. The van der Waals surface area contributed by atoms with Crippen molar-refractivity contribution in [2.24, 2.45) is 0 Å². The molecule has 1 aromatic carbocycles. The predicted molar refractivity (Wildman–Crippen MR) is 69.0 cm³/mol. The zero-order chi connectivity index (χ0) is 11.9. The van der Waals surface area contributed by atoms with Crippen molar-refractivity contribution in [2.45, 2.75) is 31.2 Å². The van der Waals surface area contributed by atoms with Crippen molar-refractivity contribution in [1.29, 1.82) is 0 Å². The van der Waals surface area contributed by atoms with Crippen LogP contribution in [-0.2, 0) is 0 Å². The number of hydrogen-bond donors (Lipinski definition) is 1. The lowest BCUT2D eigenvalue weighted by Gasteiger charge is -2.20. The maximum Gasteiger partial charge on any atom is 0.231 e. The zero-order valence-electron chi connectivity index (χ0n) is 10.3. The molecule has 1 fully saturated rings. The average molecular weight is 243 g/mol. The summed E-state index contributed by atoms with van der Waals surface area (Å²) in [6, 6.07) is 6.97. The van der Waals surface area contributed by atoms with Crippen LogP contribution >= 0.6 is 0 Å². The van der Waals surface area contributed by atoms with E-state index in [2.05, 4.69) is 23.5 Å². The lowest BCUT2D eigenvalue weighted by Crippen LogP contribution is -2.23. The first kappa shape index (κ1) is 10.4. The van der Waals surface area contributed by atoms with Crippen LogP contribution in [0.25, 0.3) is 0 Å². The molecule has 18 heavy (non-hydrogen) atoms. The Morgan fingerprint density at radius 2 is 2.11 bits per heavy atom. The second-order valence-electron chi connectivity index (χ2n) is 5.26. The molecule has 0 bridgehead atoms. The second kappa shape index (κ2) is 4.02. The van der Waals surface area contributed by atoms with E-state index in [0.29, 0.717) is 18.8 Å². The number of benzene rings is 1. The minimum absolute atomic E-state index is 0.354. The summed E-state index contributed by atoms with van der Waals surface area (Å²) in [4.78, 5) is 0. The molecule has 0 unspecified atom stereocenters. The van der Waals surface area contributed by atoms with Crippen molar-refractivity contribution in [3.8, 4) is 11.5 Å². The van der Waals surface area contributed by atoms with Crippen LogP contribution in [0.1, 0.15) is 30.7 Å². The van der Waals surface area contributed by atoms with Crippen LogP contribution in [-0.4, -0.2) is 19.4 Å². The van der Waals surface area contributed by atoms with Gasteiger partial charge in [0.25, 0.3) is 0 Å². The molecule has 1 saturated heterocycles. The highest BCUT2D eigenvalue weighted by Crippen LogP contribution is 2.40. The number of rotatable bonds is 1. The Hall–Kier alpha value is -1.48. The average Bonchev–Trinajstić information content (AvgIpc) is 3.04. The largest absolute Gasteiger partial charge is 0.454 e. The Labute approximate surface area is 107 Å². The summed E-state index contributed by atoms with van der Waals surface area (Å²) in [7, 11) is 0. The Kier molecular flexibility index (Phi) is 2.33. The van der Waals surface area contributed by atoms with Crippen molar-refractivity contribution >= 4 is 0 Å². The van der Waals surface area contributed by atoms with Crippen molar-refractivity contribution in [1.82, 2.24) is 5.32 Å². The molecule has 0 saturated carbocycles. The summed E-state index contributed by atoms with van der Waals surface area (Å²) in [6.45, 7) is 1.41. The second-order valence-corrected chi connectivity index (χ2v) is 5.26. The van der Waals surface area contributed by atoms with Gasteiger partial charge in [-0.1, -0.05) is 12.1 Å². The summed E-state index contributed by atoms with van der Waals surface area (Å²) in [5.74, 6) is 2.29. The lowest BCUT2D eigenvalue weighted by atomic mass is 9.85. The van der Waals surface area contributed by atoms with E-state index >= 15 is 0 Å². The molecular formula is C15H17NO2. The van der Waals surface area contributed by atoms with Gasteiger partial charge in [-0.2, -0.15) is 0 Å². The van der Waals surface area contributed by atoms with Gasteiger partial charge in [0.1, 0.15) is 0 Å². The third kappa shape index (κ3) is 1.54. The highest BCUT2D eigenvalue weighted by molar-refractivity contribution is 5.48. The maximum absolute atomic E-state index is 5.47. The molecule has 0 radical (unpaired) electrons. The van der Waals surface area contributed by atoms with Gasteiger partial charge in [0.15, 0.2) is 11.5 Å². The van der Waals surface area contributed by atoms with Crippen LogP contribution < -0.4 is 14.8 Å². The maximum atomic E-state index is 5.47. The number of ether oxygens (including phenoxy) is 2. The fourth-order valence-electron chi connectivity index (χ4n) is 3.32. The molecule has 2 heterocycles. The quantitative estimate of drug-likeness (QED) is 0.769. The third-order valence-corrected chi connectivity index (χ3v) is 4.25. The number of hydrogen-bond acceptors (Lipinski definition) is 3. The van der Waals surface area contributed by atoms with Crippen molar-refractivity contribution < 1.29 is 9.47 Å². The number of fused-ring (bicyclic) bond motifs is 2. The molecule has 1 N–H and O–H groups in total. The van der Waals surface area contributed by atoms with Crippen LogP contribution in [0.4, 0.5) is 0 Å². The molecule has 1 aliphatic carbocycles. The van der Waals surface area contributed by atoms with Crippen LogP contribution in [0.2, 0.25) is 0 Å². The Balaban J connectivity index is 1.69. The van der Waals surface area contributed by atoms with E-state index in [1.807, 2.05) is 6.07 Å². The standard InChI is InChI=1S/C15H17NO2/c1-2-4-13-11(3-1)12(8-16-13)10-5-6-14-15(7-10)18-9-17-14/h3,5-7,12-13,16H,1-2,4,8-9H2/t12-,13-/m0/s1. The molecule has 2 aliphatic heterocycles. The minimum atomic E-state index is 0.354. The van der Waals surface area contributed by atoms with E-state index in [0.717, 1.165) is 18.0 Å². The van der Waals surface area contributed by atoms with Crippen LogP contribution in [0, 0.1) is 0 Å². The van der Waals surface area contributed by atoms with E-state index < -0.39 is 0 Å². The van der Waals surface area contributed by atoms with Gasteiger partial charge in [-0.05, 0) is 42.5 Å². The van der Waals surface area contributed by atoms with Gasteiger partial charge in [0.2, 0.25) is 6.79 Å². The molecule has 4 rings (SSSR count). The van der Waals surface area contributed by atoms with E-state index in [9.17, 15) is 0 Å². The van der Waals surface area contributed by atoms with E-state index in [4.69, 9.17) is 9.47 Å². The molecule has 3 heteroatoms. The summed E-state index contributed by atoms with van der Waals surface area (Å²) in [5.41, 5.74) is 2.93. The first-order valence-corrected chi connectivity index (χ1v) is 6.75. The third-order valence-electron chi connectivity index (χ3n) is 4.25. The van der Waals surface area contributed by atoms with E-state index in [-0.39, 0.29) is 0 Å². The number of allylic oxidation sites excluding steroid dienone is 1. The van der Waals surface area contributed by atoms with Gasteiger partial charge < -0.3 is 14.8 Å². The molecule has 3 nitrogen and oxygen atoms in total. The first-order valence-electron chi connectivity index (χ1n) is 6.75. The number of nitrogens with one attached hydrogen (secondary N) is 1. The predicted octanol–water partition coefficient (Wildman–Crippen LogP) is 2.58. The normalized spacial score (nSPS) is 29.0. The van der Waals surface area contributed by atoms with Gasteiger partial charge in [0, 0.05) is 18.5 Å². The van der Waals surface area contributed by atoms with Gasteiger partial charge in [0.05, 0.1) is 0 Å². The molecule has 94 valence electrons. The van der Waals surface area contributed by atoms with E-state index in [1.165, 1.54) is 24.8 Å². The molecule has 0 spiro atoms. The van der Waals surface area contributed by atoms with Crippen molar-refractivity contribution in [2.75, 3.05) is 13.3 Å². The molecule has 2 atom stereocenters. The van der Waals surface area contributed by atoms with Gasteiger partial charge >= 0.3 is 0 Å². The molecule has 1 aromatic rings. The summed E-state index contributed by atoms with van der Waals surface area (Å²) in [5, 5.41) is 3.63. The van der Waals surface area contributed by atoms with Crippen LogP contribution in [0.3, 0.4) is 0 Å². The van der Waals surface area contributed by atoms with Crippen LogP contribution in [0.15, 0.2) is 29.8 Å². The van der Waals surface area contributed by atoms with Crippen molar-refractivity contribution in [3.63, 3.8) is 0 Å². The highest BCUT2D eigenvalue weighted by Gasteiger charge is 2.32. The van der Waals surface area contributed by atoms with E-state index in [1.54, 1.807) is 5.57 Å². The lowest BCUT2D eigenvalue weighted by molar-refractivity contribution is 0.174. The fourth-order valence-corrected chi connectivity index (χ4v) is 3.32.